The number of aryl methyl sites for hydroxylation is 1. The van der Waals surface area contributed by atoms with Gasteiger partial charge in [0.15, 0.2) is 6.61 Å². The van der Waals surface area contributed by atoms with Crippen molar-refractivity contribution in [2.45, 2.75) is 18.7 Å². The van der Waals surface area contributed by atoms with Gasteiger partial charge in [0.2, 0.25) is 0 Å². The van der Waals surface area contributed by atoms with E-state index >= 15 is 0 Å². The van der Waals surface area contributed by atoms with E-state index in [9.17, 15) is 23.3 Å². The Hall–Kier alpha value is -4.12. The van der Waals surface area contributed by atoms with E-state index in [1.54, 1.807) is 31.2 Å². The number of ether oxygens (including phenoxy) is 2. The highest BCUT2D eigenvalue weighted by atomic mass is 32.2. The number of nitro benzene ring substituents is 1. The van der Waals surface area contributed by atoms with Crippen molar-refractivity contribution in [3.63, 3.8) is 0 Å². The van der Waals surface area contributed by atoms with Gasteiger partial charge in [-0.25, -0.2) is 8.42 Å². The van der Waals surface area contributed by atoms with Gasteiger partial charge < -0.3 is 14.8 Å². The summed E-state index contributed by atoms with van der Waals surface area (Å²) in [7, 11) is -3.84. The van der Waals surface area contributed by atoms with E-state index in [1.807, 2.05) is 6.92 Å². The van der Waals surface area contributed by atoms with Gasteiger partial charge in [-0.05, 0) is 67.9 Å². The Labute approximate surface area is 196 Å². The van der Waals surface area contributed by atoms with Crippen molar-refractivity contribution in [3.05, 3.63) is 82.4 Å². The largest absolute Gasteiger partial charge is 0.494 e. The van der Waals surface area contributed by atoms with Crippen LogP contribution in [0.1, 0.15) is 12.5 Å². The Morgan fingerprint density at radius 3 is 2.38 bits per heavy atom. The molecule has 0 unspecified atom stereocenters. The molecule has 0 saturated heterocycles. The summed E-state index contributed by atoms with van der Waals surface area (Å²) in [5.74, 6) is 0.445. The van der Waals surface area contributed by atoms with Gasteiger partial charge in [-0.15, -0.1) is 0 Å². The number of rotatable bonds is 10. The number of sulfonamides is 1. The molecular weight excluding hydrogens is 462 g/mol. The number of amides is 1. The smallest absolute Gasteiger partial charge is 0.271 e. The first kappa shape index (κ1) is 24.5. The minimum Gasteiger partial charge on any atom is -0.494 e. The standard InChI is InChI=1S/C23H23N3O7S/c1-3-32-20-9-7-17(8-10-20)25-34(30,31)21-11-12-22(16(2)13-21)33-15-23(27)24-18-5-4-6-19(14-18)26(28)29/h4-14,25H,3,15H2,1-2H3,(H,24,27). The number of carbonyl (C=O) groups is 1. The van der Waals surface area contributed by atoms with Crippen molar-refractivity contribution in [1.29, 1.82) is 0 Å². The molecule has 1 amide bonds. The van der Waals surface area contributed by atoms with Gasteiger partial charge >= 0.3 is 0 Å². The molecular formula is C23H23N3O7S. The molecule has 0 heterocycles. The maximum atomic E-state index is 12.7. The number of nitrogens with one attached hydrogen (secondary N) is 2. The van der Waals surface area contributed by atoms with Crippen LogP contribution in [0.15, 0.2) is 71.6 Å². The number of carbonyl (C=O) groups excluding carboxylic acids is 1. The highest BCUT2D eigenvalue weighted by Gasteiger charge is 2.16. The normalized spacial score (nSPS) is 10.9. The lowest BCUT2D eigenvalue weighted by atomic mass is 10.2. The number of anilines is 2. The van der Waals surface area contributed by atoms with E-state index in [0.717, 1.165) is 0 Å². The summed E-state index contributed by atoms with van der Waals surface area (Å²) in [5.41, 5.74) is 1.02. The van der Waals surface area contributed by atoms with Crippen molar-refractivity contribution < 1.29 is 27.6 Å². The number of hydrogen-bond donors (Lipinski definition) is 2. The molecule has 10 nitrogen and oxygen atoms in total. The van der Waals surface area contributed by atoms with E-state index in [4.69, 9.17) is 9.47 Å². The monoisotopic (exact) mass is 485 g/mol. The van der Waals surface area contributed by atoms with Gasteiger partial charge in [-0.3, -0.25) is 19.6 Å². The van der Waals surface area contributed by atoms with Gasteiger partial charge in [0, 0.05) is 23.5 Å². The molecule has 0 aliphatic rings. The summed E-state index contributed by atoms with van der Waals surface area (Å²) >= 11 is 0. The first-order valence-corrected chi connectivity index (χ1v) is 11.7. The van der Waals surface area contributed by atoms with Crippen LogP contribution in [0, 0.1) is 17.0 Å². The number of benzene rings is 3. The van der Waals surface area contributed by atoms with E-state index in [1.165, 1.54) is 42.5 Å². The highest BCUT2D eigenvalue weighted by molar-refractivity contribution is 7.92. The Morgan fingerprint density at radius 1 is 1.00 bits per heavy atom. The van der Waals surface area contributed by atoms with Gasteiger partial charge in [-0.1, -0.05) is 6.07 Å². The molecule has 0 aliphatic carbocycles. The van der Waals surface area contributed by atoms with Gasteiger partial charge in [0.25, 0.3) is 21.6 Å². The molecule has 0 spiro atoms. The number of nitrogens with zero attached hydrogens (tertiary/aromatic N) is 1. The SMILES string of the molecule is CCOc1ccc(NS(=O)(=O)c2ccc(OCC(=O)Nc3cccc([N+](=O)[O-])c3)c(C)c2)cc1. The zero-order valence-corrected chi connectivity index (χ0v) is 19.3. The van der Waals surface area contributed by atoms with Crippen molar-refractivity contribution in [1.82, 2.24) is 0 Å². The lowest BCUT2D eigenvalue weighted by Gasteiger charge is -2.13. The second-order valence-electron chi connectivity index (χ2n) is 7.13. The molecule has 34 heavy (non-hydrogen) atoms. The van der Waals surface area contributed by atoms with Crippen LogP contribution in [-0.2, 0) is 14.8 Å². The number of non-ortho nitro benzene ring substituents is 1. The van der Waals surface area contributed by atoms with Crippen LogP contribution in [0.4, 0.5) is 17.1 Å². The summed E-state index contributed by atoms with van der Waals surface area (Å²) in [6.07, 6.45) is 0. The average molecular weight is 486 g/mol. The van der Waals surface area contributed by atoms with Crippen LogP contribution in [0.25, 0.3) is 0 Å². The van der Waals surface area contributed by atoms with Crippen LogP contribution in [0.2, 0.25) is 0 Å². The molecule has 11 heteroatoms. The maximum absolute atomic E-state index is 12.7. The third-order valence-corrected chi connectivity index (χ3v) is 5.95. The van der Waals surface area contributed by atoms with Crippen LogP contribution < -0.4 is 19.5 Å². The van der Waals surface area contributed by atoms with Crippen molar-refractivity contribution >= 4 is 33.0 Å². The Kier molecular flexibility index (Phi) is 7.69. The molecule has 178 valence electrons. The second kappa shape index (κ2) is 10.7. The second-order valence-corrected chi connectivity index (χ2v) is 8.82. The Bertz CT molecular complexity index is 1290. The average Bonchev–Trinajstić information content (AvgIpc) is 2.79. The minimum atomic E-state index is -3.84. The topological polar surface area (TPSA) is 137 Å². The predicted octanol–water partition coefficient (Wildman–Crippen LogP) is 4.12. The summed E-state index contributed by atoms with van der Waals surface area (Å²) in [4.78, 5) is 22.5. The molecule has 0 fully saturated rings. The third-order valence-electron chi connectivity index (χ3n) is 4.57. The van der Waals surface area contributed by atoms with Crippen LogP contribution in [0.5, 0.6) is 11.5 Å². The number of hydrogen-bond acceptors (Lipinski definition) is 7. The first-order valence-electron chi connectivity index (χ1n) is 10.2. The fourth-order valence-corrected chi connectivity index (χ4v) is 4.13. The molecule has 3 rings (SSSR count). The summed E-state index contributed by atoms with van der Waals surface area (Å²) in [6.45, 7) is 3.66. The van der Waals surface area contributed by atoms with E-state index in [-0.39, 0.29) is 22.9 Å². The number of nitro groups is 1. The lowest BCUT2D eigenvalue weighted by Crippen LogP contribution is -2.20. The Morgan fingerprint density at radius 2 is 1.74 bits per heavy atom. The maximum Gasteiger partial charge on any atom is 0.271 e. The molecule has 3 aromatic carbocycles. The zero-order valence-electron chi connectivity index (χ0n) is 18.5. The van der Waals surface area contributed by atoms with Crippen LogP contribution in [-0.4, -0.2) is 32.5 Å². The van der Waals surface area contributed by atoms with Gasteiger partial charge in [0.05, 0.1) is 16.4 Å². The summed E-state index contributed by atoms with van der Waals surface area (Å²) in [5, 5.41) is 13.4. The quantitative estimate of drug-likeness (QED) is 0.325. The Balaban J connectivity index is 1.62. The van der Waals surface area contributed by atoms with Crippen LogP contribution in [0.3, 0.4) is 0 Å². The van der Waals surface area contributed by atoms with E-state index < -0.39 is 20.9 Å². The summed E-state index contributed by atoms with van der Waals surface area (Å²) in [6, 6.07) is 16.3. The molecule has 2 N–H and O–H groups in total. The van der Waals surface area contributed by atoms with Crippen molar-refractivity contribution in [2.75, 3.05) is 23.3 Å². The molecule has 0 atom stereocenters. The zero-order chi connectivity index (χ0) is 24.7. The van der Waals surface area contributed by atoms with Gasteiger partial charge in [-0.2, -0.15) is 0 Å². The van der Waals surface area contributed by atoms with E-state index in [2.05, 4.69) is 10.0 Å². The molecule has 0 bridgehead atoms. The molecule has 0 aliphatic heterocycles. The fourth-order valence-electron chi connectivity index (χ4n) is 2.99. The van der Waals surface area contributed by atoms with Gasteiger partial charge in [0.1, 0.15) is 11.5 Å². The van der Waals surface area contributed by atoms with Crippen LogP contribution >= 0.6 is 0 Å². The summed E-state index contributed by atoms with van der Waals surface area (Å²) < 4.78 is 38.8. The molecule has 0 saturated carbocycles. The molecule has 0 aromatic heterocycles. The predicted molar refractivity (Wildman–Crippen MR) is 127 cm³/mol. The third kappa shape index (κ3) is 6.45. The van der Waals surface area contributed by atoms with Crippen molar-refractivity contribution in [2.24, 2.45) is 0 Å². The minimum absolute atomic E-state index is 0.0345. The molecule has 3 aromatic rings. The molecule has 0 radical (unpaired) electrons. The van der Waals surface area contributed by atoms with Crippen molar-refractivity contribution in [3.8, 4) is 11.5 Å². The lowest BCUT2D eigenvalue weighted by molar-refractivity contribution is -0.384. The van der Waals surface area contributed by atoms with E-state index in [0.29, 0.717) is 29.4 Å². The highest BCUT2D eigenvalue weighted by Crippen LogP contribution is 2.25. The fraction of sp³-hybridized carbons (Fsp3) is 0.174. The first-order chi connectivity index (χ1) is 16.2.